The van der Waals surface area contributed by atoms with Crippen molar-refractivity contribution in [2.24, 2.45) is 0 Å². The third kappa shape index (κ3) is 3.58. The predicted molar refractivity (Wildman–Crippen MR) is 115 cm³/mol. The van der Waals surface area contributed by atoms with Crippen LogP contribution in [0.4, 0.5) is 5.82 Å². The van der Waals surface area contributed by atoms with Gasteiger partial charge >= 0.3 is 0 Å². The summed E-state index contributed by atoms with van der Waals surface area (Å²) in [5, 5.41) is 1.14. The number of nitrogens with zero attached hydrogens (tertiary/aromatic N) is 5. The summed E-state index contributed by atoms with van der Waals surface area (Å²) in [7, 11) is 0. The number of carbonyl (C=O) groups excluding carboxylic acids is 1. The number of carbonyl (C=O) groups is 1. The van der Waals surface area contributed by atoms with Crippen LogP contribution in [-0.4, -0.2) is 58.0 Å². The number of aromatic nitrogens is 3. The van der Waals surface area contributed by atoms with Crippen molar-refractivity contribution in [2.75, 3.05) is 31.1 Å². The molecule has 30 heavy (non-hydrogen) atoms. The number of amides is 1. The minimum Gasteiger partial charge on any atom is -0.469 e. The second kappa shape index (κ2) is 7.74. The maximum atomic E-state index is 11.6. The van der Waals surface area contributed by atoms with Gasteiger partial charge in [0.15, 0.2) is 0 Å². The monoisotopic (exact) mass is 401 g/mol. The maximum absolute atomic E-state index is 11.6. The molecule has 3 aromatic rings. The molecule has 152 valence electrons. The summed E-state index contributed by atoms with van der Waals surface area (Å²) in [4.78, 5) is 29.3. The van der Waals surface area contributed by atoms with E-state index in [4.69, 9.17) is 9.72 Å². The highest BCUT2D eigenvalue weighted by atomic mass is 16.5. The second-order valence-corrected chi connectivity index (χ2v) is 7.66. The molecule has 1 fully saturated rings. The number of para-hydroxylation sites is 1. The lowest BCUT2D eigenvalue weighted by Gasteiger charge is -2.39. The Morgan fingerprint density at radius 3 is 2.73 bits per heavy atom. The smallest absolute Gasteiger partial charge is 0.240 e. The van der Waals surface area contributed by atoms with Crippen LogP contribution in [-0.2, 0) is 4.79 Å². The Balaban J connectivity index is 1.26. The molecule has 0 bridgehead atoms. The van der Waals surface area contributed by atoms with Gasteiger partial charge in [0.05, 0.1) is 18.6 Å². The van der Waals surface area contributed by atoms with Crippen LogP contribution in [0.15, 0.2) is 54.9 Å². The summed E-state index contributed by atoms with van der Waals surface area (Å²) >= 11 is 0. The summed E-state index contributed by atoms with van der Waals surface area (Å²) < 4.78 is 6.18. The van der Waals surface area contributed by atoms with Crippen molar-refractivity contribution in [1.29, 1.82) is 0 Å². The zero-order valence-electron chi connectivity index (χ0n) is 16.9. The molecule has 0 radical (unpaired) electrons. The molecule has 0 N–H and O–H groups in total. The van der Waals surface area contributed by atoms with Crippen LogP contribution in [0, 0.1) is 0 Å². The van der Waals surface area contributed by atoms with Crippen LogP contribution in [0.25, 0.3) is 16.5 Å². The van der Waals surface area contributed by atoms with Crippen LogP contribution in [0.3, 0.4) is 0 Å². The van der Waals surface area contributed by atoms with Gasteiger partial charge in [0.25, 0.3) is 0 Å². The van der Waals surface area contributed by atoms with E-state index in [1.807, 2.05) is 29.2 Å². The number of hydrogen-bond donors (Lipinski definition) is 0. The molecular weight excluding hydrogens is 378 g/mol. The average molecular weight is 401 g/mol. The Hall–Kier alpha value is -3.48. The molecule has 2 aliphatic rings. The first-order valence-corrected chi connectivity index (χ1v) is 10.2. The molecular formula is C23H23N5O2. The molecule has 0 aliphatic carbocycles. The van der Waals surface area contributed by atoms with Gasteiger partial charge in [-0.2, -0.15) is 0 Å². The Labute approximate surface area is 175 Å². The standard InChI is InChI=1S/C23H23N5O2/c1-16(29)27-12-8-18(9-13-27)22-23(25-11-10-24-22)30-19-14-28(15-19)21-7-6-17-4-2-3-5-20(17)26-21/h2-8,10-11,19H,9,12-15H2,1H3. The summed E-state index contributed by atoms with van der Waals surface area (Å²) in [6.45, 7) is 4.42. The number of pyridine rings is 1. The van der Waals surface area contributed by atoms with E-state index in [2.05, 4.69) is 33.1 Å². The van der Waals surface area contributed by atoms with Crippen molar-refractivity contribution in [3.63, 3.8) is 0 Å². The van der Waals surface area contributed by atoms with Crippen LogP contribution in [0.5, 0.6) is 5.88 Å². The minimum absolute atomic E-state index is 0.0478. The highest BCUT2D eigenvalue weighted by Gasteiger charge is 2.31. The van der Waals surface area contributed by atoms with E-state index in [9.17, 15) is 4.79 Å². The predicted octanol–water partition coefficient (Wildman–Crippen LogP) is 2.93. The quantitative estimate of drug-likeness (QED) is 0.669. The first-order chi connectivity index (χ1) is 14.7. The van der Waals surface area contributed by atoms with Gasteiger partial charge in [-0.15, -0.1) is 0 Å². The summed E-state index contributed by atoms with van der Waals surface area (Å²) in [6, 6.07) is 12.3. The number of rotatable bonds is 4. The average Bonchev–Trinajstić information content (AvgIpc) is 2.76. The fourth-order valence-electron chi connectivity index (χ4n) is 3.89. The maximum Gasteiger partial charge on any atom is 0.240 e. The Kier molecular flexibility index (Phi) is 4.78. The van der Waals surface area contributed by atoms with Crippen molar-refractivity contribution < 1.29 is 9.53 Å². The molecule has 2 aliphatic heterocycles. The fourth-order valence-corrected chi connectivity index (χ4v) is 3.89. The van der Waals surface area contributed by atoms with E-state index >= 15 is 0 Å². The highest BCUT2D eigenvalue weighted by Crippen LogP contribution is 2.30. The molecule has 5 rings (SSSR count). The molecule has 1 amide bonds. The van der Waals surface area contributed by atoms with Gasteiger partial charge in [0.1, 0.15) is 17.6 Å². The SMILES string of the molecule is CC(=O)N1CC=C(c2nccnc2OC2CN(c3ccc4ccccc4n3)C2)CC1. The van der Waals surface area contributed by atoms with E-state index in [-0.39, 0.29) is 12.0 Å². The molecule has 1 saturated heterocycles. The van der Waals surface area contributed by atoms with E-state index < -0.39 is 0 Å². The van der Waals surface area contributed by atoms with Gasteiger partial charge in [-0.05, 0) is 30.2 Å². The molecule has 7 nitrogen and oxygen atoms in total. The van der Waals surface area contributed by atoms with Gasteiger partial charge in [0, 0.05) is 37.8 Å². The molecule has 0 atom stereocenters. The number of ether oxygens (including phenoxy) is 1. The molecule has 0 unspecified atom stereocenters. The fraction of sp³-hybridized carbons (Fsp3) is 0.304. The van der Waals surface area contributed by atoms with E-state index in [0.717, 1.165) is 47.5 Å². The largest absolute Gasteiger partial charge is 0.469 e. The number of fused-ring (bicyclic) bond motifs is 1. The Bertz CT molecular complexity index is 1120. The zero-order valence-corrected chi connectivity index (χ0v) is 16.9. The van der Waals surface area contributed by atoms with Crippen molar-refractivity contribution in [3.8, 4) is 5.88 Å². The topological polar surface area (TPSA) is 71.5 Å². The van der Waals surface area contributed by atoms with Gasteiger partial charge in [0.2, 0.25) is 11.8 Å². The van der Waals surface area contributed by atoms with Gasteiger partial charge in [-0.25, -0.2) is 15.0 Å². The first-order valence-electron chi connectivity index (χ1n) is 10.2. The molecule has 2 aromatic heterocycles. The van der Waals surface area contributed by atoms with Crippen LogP contribution < -0.4 is 9.64 Å². The van der Waals surface area contributed by atoms with Crippen molar-refractivity contribution in [1.82, 2.24) is 19.9 Å². The van der Waals surface area contributed by atoms with E-state index in [1.54, 1.807) is 19.3 Å². The normalized spacial score (nSPS) is 16.9. The lowest BCUT2D eigenvalue weighted by Crippen LogP contribution is -2.54. The van der Waals surface area contributed by atoms with Crippen molar-refractivity contribution >= 4 is 28.2 Å². The second-order valence-electron chi connectivity index (χ2n) is 7.66. The lowest BCUT2D eigenvalue weighted by atomic mass is 10.0. The van der Waals surface area contributed by atoms with Gasteiger partial charge < -0.3 is 14.5 Å². The third-order valence-corrected chi connectivity index (χ3v) is 5.66. The molecule has 0 saturated carbocycles. The summed E-state index contributed by atoms with van der Waals surface area (Å²) in [6.07, 6.45) is 6.20. The number of hydrogen-bond acceptors (Lipinski definition) is 6. The minimum atomic E-state index is 0.0478. The Morgan fingerprint density at radius 2 is 1.93 bits per heavy atom. The number of benzene rings is 1. The summed E-state index contributed by atoms with van der Waals surface area (Å²) in [5.41, 5.74) is 2.87. The van der Waals surface area contributed by atoms with E-state index in [0.29, 0.717) is 19.0 Å². The van der Waals surface area contributed by atoms with Crippen LogP contribution in [0.2, 0.25) is 0 Å². The molecule has 4 heterocycles. The molecule has 0 spiro atoms. The zero-order chi connectivity index (χ0) is 20.5. The Morgan fingerprint density at radius 1 is 1.10 bits per heavy atom. The summed E-state index contributed by atoms with van der Waals surface area (Å²) in [5.74, 6) is 1.63. The molecule has 1 aromatic carbocycles. The van der Waals surface area contributed by atoms with E-state index in [1.165, 1.54) is 0 Å². The first kappa shape index (κ1) is 18.5. The van der Waals surface area contributed by atoms with Crippen LogP contribution >= 0.6 is 0 Å². The van der Waals surface area contributed by atoms with Gasteiger partial charge in [-0.3, -0.25) is 4.79 Å². The highest BCUT2D eigenvalue weighted by molar-refractivity contribution is 5.80. The number of anilines is 1. The lowest BCUT2D eigenvalue weighted by molar-refractivity contribution is -0.128. The molecule has 7 heteroatoms. The third-order valence-electron chi connectivity index (χ3n) is 5.66. The van der Waals surface area contributed by atoms with Gasteiger partial charge in [-0.1, -0.05) is 24.3 Å². The van der Waals surface area contributed by atoms with Crippen molar-refractivity contribution in [2.45, 2.75) is 19.4 Å². The van der Waals surface area contributed by atoms with Crippen molar-refractivity contribution in [3.05, 3.63) is 60.6 Å². The van der Waals surface area contributed by atoms with Crippen LogP contribution in [0.1, 0.15) is 19.0 Å².